The molecule has 92 valence electrons. The van der Waals surface area contributed by atoms with Gasteiger partial charge in [0.15, 0.2) is 0 Å². The number of methoxy groups -OCH3 is 1. The summed E-state index contributed by atoms with van der Waals surface area (Å²) in [5.74, 6) is 1.33. The molecular formula is C10H18BrN3O2. The molecule has 0 unspecified atom stereocenters. The Hall–Kier alpha value is -0.460. The molecule has 6 heteroatoms. The first kappa shape index (κ1) is 13.6. The lowest BCUT2D eigenvalue weighted by atomic mass is 10.2. The summed E-state index contributed by atoms with van der Waals surface area (Å²) < 4.78 is 12.8. The molecule has 16 heavy (non-hydrogen) atoms. The number of ether oxygens (including phenoxy) is 2. The number of hydrogen-bond donors (Lipinski definition) is 0. The predicted molar refractivity (Wildman–Crippen MR) is 64.5 cm³/mol. The number of rotatable bonds is 7. The topological polar surface area (TPSA) is 49.2 Å². The standard InChI is InChI=1S/C10H18BrN3O2/c1-8(2)9-12-10(11)13-14(9)4-5-16-7-6-15-3/h8H,4-7H2,1-3H3. The van der Waals surface area contributed by atoms with Gasteiger partial charge < -0.3 is 9.47 Å². The Balaban J connectivity index is 2.40. The van der Waals surface area contributed by atoms with Gasteiger partial charge in [-0.2, -0.15) is 0 Å². The average molecular weight is 292 g/mol. The summed E-state index contributed by atoms with van der Waals surface area (Å²) in [6.45, 7) is 6.77. The van der Waals surface area contributed by atoms with Gasteiger partial charge in [0.2, 0.25) is 4.73 Å². The Morgan fingerprint density at radius 3 is 2.69 bits per heavy atom. The fourth-order valence-electron chi connectivity index (χ4n) is 1.31. The monoisotopic (exact) mass is 291 g/mol. The van der Waals surface area contributed by atoms with Crippen LogP contribution in [0.15, 0.2) is 4.73 Å². The van der Waals surface area contributed by atoms with Crippen LogP contribution in [0.5, 0.6) is 0 Å². The van der Waals surface area contributed by atoms with Crippen LogP contribution >= 0.6 is 15.9 Å². The molecule has 0 aliphatic carbocycles. The maximum atomic E-state index is 5.39. The molecule has 0 aliphatic rings. The van der Waals surface area contributed by atoms with Crippen molar-refractivity contribution in [2.24, 2.45) is 0 Å². The van der Waals surface area contributed by atoms with Gasteiger partial charge in [0.1, 0.15) is 5.82 Å². The first-order chi connectivity index (χ1) is 7.65. The molecular weight excluding hydrogens is 274 g/mol. The molecule has 0 fully saturated rings. The highest BCUT2D eigenvalue weighted by molar-refractivity contribution is 9.10. The van der Waals surface area contributed by atoms with E-state index in [1.54, 1.807) is 7.11 Å². The zero-order valence-electron chi connectivity index (χ0n) is 9.94. The number of nitrogens with zero attached hydrogens (tertiary/aromatic N) is 3. The van der Waals surface area contributed by atoms with Gasteiger partial charge in [-0.25, -0.2) is 9.67 Å². The van der Waals surface area contributed by atoms with Gasteiger partial charge in [-0.3, -0.25) is 0 Å². The van der Waals surface area contributed by atoms with Crippen molar-refractivity contribution < 1.29 is 9.47 Å². The van der Waals surface area contributed by atoms with E-state index in [0.717, 1.165) is 12.4 Å². The lowest BCUT2D eigenvalue weighted by molar-refractivity contribution is 0.0649. The van der Waals surface area contributed by atoms with Crippen LogP contribution in [0.1, 0.15) is 25.6 Å². The summed E-state index contributed by atoms with van der Waals surface area (Å²) in [5, 5.41) is 4.26. The average Bonchev–Trinajstić information content (AvgIpc) is 2.59. The Kier molecular flexibility index (Phi) is 5.94. The van der Waals surface area contributed by atoms with Gasteiger partial charge in [0.25, 0.3) is 0 Å². The van der Waals surface area contributed by atoms with Gasteiger partial charge >= 0.3 is 0 Å². The zero-order valence-corrected chi connectivity index (χ0v) is 11.5. The van der Waals surface area contributed by atoms with Crippen molar-refractivity contribution in [1.82, 2.24) is 14.8 Å². The maximum Gasteiger partial charge on any atom is 0.217 e. The smallest absolute Gasteiger partial charge is 0.217 e. The number of aromatic nitrogens is 3. The summed E-state index contributed by atoms with van der Waals surface area (Å²) in [6, 6.07) is 0. The summed E-state index contributed by atoms with van der Waals surface area (Å²) in [4.78, 5) is 4.31. The van der Waals surface area contributed by atoms with E-state index in [1.165, 1.54) is 0 Å². The summed E-state index contributed by atoms with van der Waals surface area (Å²) in [6.07, 6.45) is 0. The van der Waals surface area contributed by atoms with Crippen LogP contribution in [0.3, 0.4) is 0 Å². The minimum Gasteiger partial charge on any atom is -0.382 e. The molecule has 1 aromatic rings. The molecule has 0 saturated heterocycles. The van der Waals surface area contributed by atoms with Crippen molar-refractivity contribution in [1.29, 1.82) is 0 Å². The van der Waals surface area contributed by atoms with E-state index in [2.05, 4.69) is 39.9 Å². The lowest BCUT2D eigenvalue weighted by Gasteiger charge is -2.08. The molecule has 0 aliphatic heterocycles. The lowest BCUT2D eigenvalue weighted by Crippen LogP contribution is -2.13. The highest BCUT2D eigenvalue weighted by atomic mass is 79.9. The fourth-order valence-corrected chi connectivity index (χ4v) is 1.69. The number of hydrogen-bond acceptors (Lipinski definition) is 4. The molecule has 0 aromatic carbocycles. The van der Waals surface area contributed by atoms with Crippen LogP contribution in [-0.4, -0.2) is 41.7 Å². The number of halogens is 1. The van der Waals surface area contributed by atoms with Crippen molar-refractivity contribution in [3.63, 3.8) is 0 Å². The minimum absolute atomic E-state index is 0.359. The highest BCUT2D eigenvalue weighted by Crippen LogP contribution is 2.14. The van der Waals surface area contributed by atoms with Crippen LogP contribution in [0, 0.1) is 0 Å². The van der Waals surface area contributed by atoms with Crippen molar-refractivity contribution >= 4 is 15.9 Å². The first-order valence-electron chi connectivity index (χ1n) is 5.32. The molecule has 0 saturated carbocycles. The molecule has 0 bridgehead atoms. The molecule has 0 radical (unpaired) electrons. The fraction of sp³-hybridized carbons (Fsp3) is 0.800. The maximum absolute atomic E-state index is 5.39. The first-order valence-corrected chi connectivity index (χ1v) is 6.11. The largest absolute Gasteiger partial charge is 0.382 e. The van der Waals surface area contributed by atoms with Crippen LogP contribution in [0.4, 0.5) is 0 Å². The van der Waals surface area contributed by atoms with Crippen molar-refractivity contribution in [2.75, 3.05) is 26.9 Å². The second-order valence-electron chi connectivity index (χ2n) is 3.72. The summed E-state index contributed by atoms with van der Waals surface area (Å²) in [5.41, 5.74) is 0. The second-order valence-corrected chi connectivity index (χ2v) is 4.43. The highest BCUT2D eigenvalue weighted by Gasteiger charge is 2.11. The summed E-state index contributed by atoms with van der Waals surface area (Å²) in [7, 11) is 1.66. The van der Waals surface area contributed by atoms with E-state index < -0.39 is 0 Å². The van der Waals surface area contributed by atoms with Crippen molar-refractivity contribution in [3.8, 4) is 0 Å². The molecule has 0 amide bonds. The van der Waals surface area contributed by atoms with E-state index in [0.29, 0.717) is 30.5 Å². The Bertz CT molecular complexity index is 315. The Morgan fingerprint density at radius 2 is 2.06 bits per heavy atom. The van der Waals surface area contributed by atoms with E-state index in [4.69, 9.17) is 9.47 Å². The van der Waals surface area contributed by atoms with Gasteiger partial charge in [-0.1, -0.05) is 13.8 Å². The second kappa shape index (κ2) is 6.98. The van der Waals surface area contributed by atoms with Crippen LogP contribution in [0.2, 0.25) is 0 Å². The van der Waals surface area contributed by atoms with Gasteiger partial charge in [0, 0.05) is 13.0 Å². The molecule has 0 N–H and O–H groups in total. The van der Waals surface area contributed by atoms with Gasteiger partial charge in [-0.15, -0.1) is 5.10 Å². The quantitative estimate of drug-likeness (QED) is 0.719. The van der Waals surface area contributed by atoms with E-state index in [9.17, 15) is 0 Å². The molecule has 1 rings (SSSR count). The van der Waals surface area contributed by atoms with E-state index in [-0.39, 0.29) is 0 Å². The molecule has 1 heterocycles. The van der Waals surface area contributed by atoms with Crippen LogP contribution in [0.25, 0.3) is 0 Å². The van der Waals surface area contributed by atoms with Gasteiger partial charge in [0.05, 0.1) is 26.4 Å². The van der Waals surface area contributed by atoms with Crippen LogP contribution in [-0.2, 0) is 16.0 Å². The Labute approximate surface area is 104 Å². The molecule has 5 nitrogen and oxygen atoms in total. The minimum atomic E-state index is 0.359. The van der Waals surface area contributed by atoms with Crippen molar-refractivity contribution in [2.45, 2.75) is 26.3 Å². The van der Waals surface area contributed by atoms with Crippen molar-refractivity contribution in [3.05, 3.63) is 10.6 Å². The van der Waals surface area contributed by atoms with E-state index in [1.807, 2.05) is 4.68 Å². The van der Waals surface area contributed by atoms with Crippen LogP contribution < -0.4 is 0 Å². The third kappa shape index (κ3) is 4.19. The SMILES string of the molecule is COCCOCCn1nc(Br)nc1C(C)C. The zero-order chi connectivity index (χ0) is 12.0. The third-order valence-electron chi connectivity index (χ3n) is 2.07. The molecule has 0 spiro atoms. The third-order valence-corrected chi connectivity index (χ3v) is 2.41. The summed E-state index contributed by atoms with van der Waals surface area (Å²) >= 11 is 3.28. The van der Waals surface area contributed by atoms with E-state index >= 15 is 0 Å². The Morgan fingerprint density at radius 1 is 1.31 bits per heavy atom. The molecule has 1 aromatic heterocycles. The predicted octanol–water partition coefficient (Wildman–Crippen LogP) is 1.83. The van der Waals surface area contributed by atoms with Gasteiger partial charge in [-0.05, 0) is 15.9 Å². The molecule has 0 atom stereocenters. The normalized spacial score (nSPS) is 11.3.